The number of methoxy groups -OCH3 is 1. The van der Waals surface area contributed by atoms with E-state index in [1.54, 1.807) is 13.8 Å². The zero-order chi connectivity index (χ0) is 13.9. The molecule has 0 aliphatic rings. The molecule has 0 aliphatic carbocycles. The van der Waals surface area contributed by atoms with Gasteiger partial charge in [0.1, 0.15) is 6.61 Å². The first-order chi connectivity index (χ1) is 8.24. The highest BCUT2D eigenvalue weighted by Crippen LogP contribution is 2.36. The van der Waals surface area contributed by atoms with Crippen molar-refractivity contribution in [2.75, 3.05) is 13.7 Å². The van der Waals surface area contributed by atoms with Gasteiger partial charge in [0, 0.05) is 0 Å². The van der Waals surface area contributed by atoms with Crippen molar-refractivity contribution in [2.45, 2.75) is 19.4 Å². The van der Waals surface area contributed by atoms with Crippen LogP contribution in [0.4, 0.5) is 0 Å². The molecule has 0 atom stereocenters. The van der Waals surface area contributed by atoms with E-state index in [9.17, 15) is 9.90 Å². The summed E-state index contributed by atoms with van der Waals surface area (Å²) in [6, 6.07) is 2.58. The van der Waals surface area contributed by atoms with Crippen molar-refractivity contribution in [2.24, 2.45) is 0 Å². The van der Waals surface area contributed by atoms with Crippen LogP contribution in [-0.4, -0.2) is 35.5 Å². The number of ether oxygens (including phenoxy) is 2. The minimum atomic E-state index is -1.11. The summed E-state index contributed by atoms with van der Waals surface area (Å²) in [6.45, 7) is 3.17. The highest BCUT2D eigenvalue weighted by molar-refractivity contribution is 6.32. The molecule has 1 aromatic carbocycles. The second kappa shape index (κ2) is 5.46. The van der Waals surface area contributed by atoms with Gasteiger partial charge in [0.2, 0.25) is 0 Å². The molecule has 0 aromatic heterocycles. The summed E-state index contributed by atoms with van der Waals surface area (Å²) in [5.41, 5.74) is -1.02. The van der Waals surface area contributed by atoms with E-state index in [-0.39, 0.29) is 28.7 Å². The van der Waals surface area contributed by atoms with Crippen molar-refractivity contribution in [1.82, 2.24) is 0 Å². The number of rotatable bonds is 5. The first-order valence-electron chi connectivity index (χ1n) is 5.20. The quantitative estimate of drug-likeness (QED) is 0.861. The lowest BCUT2D eigenvalue weighted by atomic mass is 10.1. The molecule has 5 nitrogen and oxygen atoms in total. The van der Waals surface area contributed by atoms with Gasteiger partial charge in [-0.05, 0) is 26.0 Å². The largest absolute Gasteiger partial charge is 0.493 e. The molecule has 18 heavy (non-hydrogen) atoms. The van der Waals surface area contributed by atoms with Crippen molar-refractivity contribution in [3.63, 3.8) is 0 Å². The van der Waals surface area contributed by atoms with Crippen LogP contribution in [0.25, 0.3) is 0 Å². The second-order valence-corrected chi connectivity index (χ2v) is 4.80. The Kier molecular flexibility index (Phi) is 4.43. The Morgan fingerprint density at radius 1 is 1.44 bits per heavy atom. The van der Waals surface area contributed by atoms with Gasteiger partial charge in [0.15, 0.2) is 11.5 Å². The summed E-state index contributed by atoms with van der Waals surface area (Å²) >= 11 is 5.94. The fraction of sp³-hybridized carbons (Fsp3) is 0.417. The summed E-state index contributed by atoms with van der Waals surface area (Å²) in [4.78, 5) is 10.9. The summed E-state index contributed by atoms with van der Waals surface area (Å²) in [5.74, 6) is -0.681. The van der Waals surface area contributed by atoms with Gasteiger partial charge in [-0.1, -0.05) is 11.6 Å². The Morgan fingerprint density at radius 3 is 2.50 bits per heavy atom. The van der Waals surface area contributed by atoms with E-state index in [1.165, 1.54) is 19.2 Å². The Labute approximate surface area is 110 Å². The molecule has 0 unspecified atom stereocenters. The maximum atomic E-state index is 10.9. The molecule has 0 spiro atoms. The Morgan fingerprint density at radius 2 is 2.06 bits per heavy atom. The second-order valence-electron chi connectivity index (χ2n) is 4.40. The third-order valence-corrected chi connectivity index (χ3v) is 2.33. The number of carboxylic acid groups (broad SMARTS) is 1. The minimum absolute atomic E-state index is 0.00691. The average molecular weight is 275 g/mol. The molecular weight excluding hydrogens is 260 g/mol. The van der Waals surface area contributed by atoms with Crippen LogP contribution in [0.3, 0.4) is 0 Å². The molecule has 2 N–H and O–H groups in total. The number of hydrogen-bond donors (Lipinski definition) is 2. The fourth-order valence-corrected chi connectivity index (χ4v) is 1.50. The van der Waals surface area contributed by atoms with Gasteiger partial charge < -0.3 is 19.7 Å². The monoisotopic (exact) mass is 274 g/mol. The highest BCUT2D eigenvalue weighted by atomic mass is 35.5. The summed E-state index contributed by atoms with van der Waals surface area (Å²) in [7, 11) is 1.38. The maximum Gasteiger partial charge on any atom is 0.335 e. The van der Waals surface area contributed by atoms with E-state index >= 15 is 0 Å². The lowest BCUT2D eigenvalue weighted by molar-refractivity contribution is 0.0276. The molecule has 0 aliphatic heterocycles. The van der Waals surface area contributed by atoms with Crippen molar-refractivity contribution in [3.05, 3.63) is 22.7 Å². The van der Waals surface area contributed by atoms with Gasteiger partial charge in [-0.25, -0.2) is 4.79 Å². The van der Waals surface area contributed by atoms with Gasteiger partial charge >= 0.3 is 5.97 Å². The molecule has 0 saturated heterocycles. The van der Waals surface area contributed by atoms with E-state index in [0.717, 1.165) is 0 Å². The lowest BCUT2D eigenvalue weighted by Gasteiger charge is -2.20. The molecule has 0 heterocycles. The van der Waals surface area contributed by atoms with Crippen LogP contribution in [-0.2, 0) is 0 Å². The molecule has 0 bridgehead atoms. The minimum Gasteiger partial charge on any atom is -0.493 e. The number of aliphatic hydroxyl groups is 1. The molecule has 0 radical (unpaired) electrons. The highest BCUT2D eigenvalue weighted by Gasteiger charge is 2.19. The number of aromatic carboxylic acids is 1. The number of benzene rings is 1. The van der Waals surface area contributed by atoms with Crippen LogP contribution >= 0.6 is 11.6 Å². The molecule has 100 valence electrons. The summed E-state index contributed by atoms with van der Waals surface area (Å²) in [5, 5.41) is 18.6. The molecule has 1 rings (SSSR count). The number of halogens is 1. The molecule has 0 amide bonds. The first kappa shape index (κ1) is 14.6. The van der Waals surface area contributed by atoms with Gasteiger partial charge in [0.05, 0.1) is 23.3 Å². The number of carbonyl (C=O) groups is 1. The van der Waals surface area contributed by atoms with Gasteiger partial charge in [-0.3, -0.25) is 0 Å². The van der Waals surface area contributed by atoms with Crippen LogP contribution in [0.5, 0.6) is 11.5 Å². The van der Waals surface area contributed by atoms with Crippen LogP contribution in [0.15, 0.2) is 12.1 Å². The predicted octanol–water partition coefficient (Wildman–Crippen LogP) is 2.20. The Balaban J connectivity index is 3.08. The average Bonchev–Trinajstić information content (AvgIpc) is 2.24. The number of hydrogen-bond acceptors (Lipinski definition) is 4. The molecule has 0 fully saturated rings. The zero-order valence-electron chi connectivity index (χ0n) is 10.4. The Bertz CT molecular complexity index is 451. The topological polar surface area (TPSA) is 76.0 Å². The van der Waals surface area contributed by atoms with Crippen LogP contribution in [0.1, 0.15) is 24.2 Å². The van der Waals surface area contributed by atoms with Crippen molar-refractivity contribution >= 4 is 17.6 Å². The van der Waals surface area contributed by atoms with E-state index in [0.29, 0.717) is 0 Å². The Hall–Kier alpha value is -1.46. The summed E-state index contributed by atoms with van der Waals surface area (Å²) < 4.78 is 10.4. The third-order valence-electron chi connectivity index (χ3n) is 2.05. The standard InChI is InChI=1S/C12H15ClO5/c1-12(2,16)6-18-10-8(13)4-7(11(14)15)5-9(10)17-3/h4-5,16H,6H2,1-3H3,(H,14,15). The predicted molar refractivity (Wildman–Crippen MR) is 66.8 cm³/mol. The van der Waals surface area contributed by atoms with E-state index in [1.807, 2.05) is 0 Å². The van der Waals surface area contributed by atoms with Gasteiger partial charge in [-0.2, -0.15) is 0 Å². The van der Waals surface area contributed by atoms with E-state index < -0.39 is 11.6 Å². The van der Waals surface area contributed by atoms with Gasteiger partial charge in [0.25, 0.3) is 0 Å². The van der Waals surface area contributed by atoms with E-state index in [2.05, 4.69) is 0 Å². The third kappa shape index (κ3) is 3.78. The fourth-order valence-electron chi connectivity index (χ4n) is 1.23. The van der Waals surface area contributed by atoms with Crippen LogP contribution in [0, 0.1) is 0 Å². The molecule has 1 aromatic rings. The van der Waals surface area contributed by atoms with Crippen molar-refractivity contribution in [1.29, 1.82) is 0 Å². The number of carboxylic acids is 1. The van der Waals surface area contributed by atoms with E-state index in [4.69, 9.17) is 26.2 Å². The molecular formula is C12H15ClO5. The van der Waals surface area contributed by atoms with Crippen molar-refractivity contribution < 1.29 is 24.5 Å². The molecule has 0 saturated carbocycles. The zero-order valence-corrected chi connectivity index (χ0v) is 11.1. The normalized spacial score (nSPS) is 11.2. The summed E-state index contributed by atoms with van der Waals surface area (Å²) in [6.07, 6.45) is 0. The van der Waals surface area contributed by atoms with Crippen LogP contribution < -0.4 is 9.47 Å². The van der Waals surface area contributed by atoms with Crippen molar-refractivity contribution in [3.8, 4) is 11.5 Å². The SMILES string of the molecule is COc1cc(C(=O)O)cc(Cl)c1OCC(C)(C)O. The van der Waals surface area contributed by atoms with Crippen LogP contribution in [0.2, 0.25) is 5.02 Å². The maximum absolute atomic E-state index is 10.9. The molecule has 6 heteroatoms. The smallest absolute Gasteiger partial charge is 0.335 e. The van der Waals surface area contributed by atoms with Gasteiger partial charge in [-0.15, -0.1) is 0 Å². The lowest BCUT2D eigenvalue weighted by Crippen LogP contribution is -2.28. The first-order valence-corrected chi connectivity index (χ1v) is 5.58.